The SMILES string of the molecule is CCC1COCCN1c1ccc(CNC(C)(C)C)nn1. The molecule has 5 heteroatoms. The van der Waals surface area contributed by atoms with Crippen molar-refractivity contribution in [1.82, 2.24) is 15.5 Å². The normalized spacial score (nSPS) is 20.2. The summed E-state index contributed by atoms with van der Waals surface area (Å²) >= 11 is 0. The lowest BCUT2D eigenvalue weighted by atomic mass is 10.1. The second-order valence-corrected chi connectivity index (χ2v) is 6.32. The minimum Gasteiger partial charge on any atom is -0.377 e. The van der Waals surface area contributed by atoms with Gasteiger partial charge < -0.3 is 15.0 Å². The van der Waals surface area contributed by atoms with Gasteiger partial charge in [0.2, 0.25) is 0 Å². The molecule has 112 valence electrons. The number of ether oxygens (including phenoxy) is 1. The van der Waals surface area contributed by atoms with Gasteiger partial charge in [-0.05, 0) is 39.3 Å². The molecule has 2 heterocycles. The van der Waals surface area contributed by atoms with E-state index in [1.54, 1.807) is 0 Å². The number of nitrogens with zero attached hydrogens (tertiary/aromatic N) is 3. The van der Waals surface area contributed by atoms with E-state index in [0.717, 1.165) is 44.2 Å². The summed E-state index contributed by atoms with van der Waals surface area (Å²) in [6.07, 6.45) is 1.06. The van der Waals surface area contributed by atoms with Crippen LogP contribution in [0.15, 0.2) is 12.1 Å². The Morgan fingerprint density at radius 3 is 2.75 bits per heavy atom. The van der Waals surface area contributed by atoms with Crippen LogP contribution in [0.1, 0.15) is 39.8 Å². The number of rotatable bonds is 4. The monoisotopic (exact) mass is 278 g/mol. The first-order valence-corrected chi connectivity index (χ1v) is 7.41. The van der Waals surface area contributed by atoms with Crippen LogP contribution in [0.2, 0.25) is 0 Å². The molecule has 1 N–H and O–H groups in total. The van der Waals surface area contributed by atoms with Gasteiger partial charge in [-0.25, -0.2) is 0 Å². The molecule has 20 heavy (non-hydrogen) atoms. The maximum Gasteiger partial charge on any atom is 0.151 e. The Bertz CT molecular complexity index is 413. The van der Waals surface area contributed by atoms with Gasteiger partial charge in [0.1, 0.15) is 0 Å². The maximum absolute atomic E-state index is 5.52. The molecule has 1 saturated heterocycles. The standard InChI is InChI=1S/C15H26N4O/c1-5-13-11-20-9-8-19(13)14-7-6-12(17-18-14)10-16-15(2,3)4/h6-7,13,16H,5,8-11H2,1-4H3. The van der Waals surface area contributed by atoms with E-state index in [0.29, 0.717) is 6.04 Å². The Morgan fingerprint density at radius 1 is 1.35 bits per heavy atom. The molecular formula is C15H26N4O. The second kappa shape index (κ2) is 6.50. The zero-order valence-corrected chi connectivity index (χ0v) is 13.0. The number of aromatic nitrogens is 2. The predicted molar refractivity (Wildman–Crippen MR) is 80.9 cm³/mol. The van der Waals surface area contributed by atoms with Crippen molar-refractivity contribution in [1.29, 1.82) is 0 Å². The molecule has 1 aliphatic heterocycles. The van der Waals surface area contributed by atoms with Crippen LogP contribution < -0.4 is 10.2 Å². The zero-order chi connectivity index (χ0) is 14.6. The molecule has 5 nitrogen and oxygen atoms in total. The smallest absolute Gasteiger partial charge is 0.151 e. The summed E-state index contributed by atoms with van der Waals surface area (Å²) in [5, 5.41) is 12.1. The van der Waals surface area contributed by atoms with Crippen LogP contribution in [0.4, 0.5) is 5.82 Å². The van der Waals surface area contributed by atoms with Crippen LogP contribution >= 0.6 is 0 Å². The molecule has 1 aliphatic rings. The van der Waals surface area contributed by atoms with Crippen molar-refractivity contribution >= 4 is 5.82 Å². The third kappa shape index (κ3) is 4.15. The van der Waals surface area contributed by atoms with E-state index in [-0.39, 0.29) is 5.54 Å². The molecule has 0 aliphatic carbocycles. The predicted octanol–water partition coefficient (Wildman–Crippen LogP) is 1.98. The van der Waals surface area contributed by atoms with Crippen molar-refractivity contribution in [3.05, 3.63) is 17.8 Å². The topological polar surface area (TPSA) is 50.3 Å². The Kier molecular flexibility index (Phi) is 4.94. The number of nitrogens with one attached hydrogen (secondary N) is 1. The summed E-state index contributed by atoms with van der Waals surface area (Å²) in [4.78, 5) is 2.30. The Morgan fingerprint density at radius 2 is 2.15 bits per heavy atom. The van der Waals surface area contributed by atoms with Crippen LogP contribution in [0.5, 0.6) is 0 Å². The lowest BCUT2D eigenvalue weighted by molar-refractivity contribution is 0.0924. The largest absolute Gasteiger partial charge is 0.377 e. The first kappa shape index (κ1) is 15.2. The lowest BCUT2D eigenvalue weighted by Crippen LogP contribution is -2.45. The molecule has 0 radical (unpaired) electrons. The zero-order valence-electron chi connectivity index (χ0n) is 13.0. The number of anilines is 1. The average molecular weight is 278 g/mol. The quantitative estimate of drug-likeness (QED) is 0.912. The van der Waals surface area contributed by atoms with Crippen molar-refractivity contribution in [2.75, 3.05) is 24.7 Å². The first-order valence-electron chi connectivity index (χ1n) is 7.41. The van der Waals surface area contributed by atoms with Crippen LogP contribution in [0.3, 0.4) is 0 Å². The second-order valence-electron chi connectivity index (χ2n) is 6.32. The van der Waals surface area contributed by atoms with Crippen LogP contribution in [0, 0.1) is 0 Å². The van der Waals surface area contributed by atoms with E-state index in [1.807, 2.05) is 0 Å². The van der Waals surface area contributed by atoms with Crippen LogP contribution in [0.25, 0.3) is 0 Å². The van der Waals surface area contributed by atoms with Crippen molar-refractivity contribution in [2.45, 2.75) is 52.2 Å². The first-order chi connectivity index (χ1) is 9.49. The molecular weight excluding hydrogens is 252 g/mol. The highest BCUT2D eigenvalue weighted by molar-refractivity contribution is 5.39. The van der Waals surface area contributed by atoms with Gasteiger partial charge in [0, 0.05) is 18.6 Å². The van der Waals surface area contributed by atoms with E-state index >= 15 is 0 Å². The number of hydrogen-bond donors (Lipinski definition) is 1. The van der Waals surface area contributed by atoms with Crippen LogP contribution in [-0.2, 0) is 11.3 Å². The van der Waals surface area contributed by atoms with Crippen molar-refractivity contribution < 1.29 is 4.74 Å². The fourth-order valence-corrected chi connectivity index (χ4v) is 2.25. The Hall–Kier alpha value is -1.20. The van der Waals surface area contributed by atoms with Crippen LogP contribution in [-0.4, -0.2) is 41.5 Å². The van der Waals surface area contributed by atoms with Gasteiger partial charge >= 0.3 is 0 Å². The summed E-state index contributed by atoms with van der Waals surface area (Å²) in [5.41, 5.74) is 1.07. The summed E-state index contributed by atoms with van der Waals surface area (Å²) < 4.78 is 5.52. The molecule has 0 bridgehead atoms. The van der Waals surface area contributed by atoms with E-state index < -0.39 is 0 Å². The minimum absolute atomic E-state index is 0.0951. The molecule has 1 aromatic rings. The highest BCUT2D eigenvalue weighted by atomic mass is 16.5. The number of morpholine rings is 1. The van der Waals surface area contributed by atoms with Gasteiger partial charge in [-0.15, -0.1) is 5.10 Å². The van der Waals surface area contributed by atoms with E-state index in [4.69, 9.17) is 4.74 Å². The summed E-state index contributed by atoms with van der Waals surface area (Å²) in [5.74, 6) is 0.958. The van der Waals surface area contributed by atoms with Gasteiger partial charge in [0.05, 0.1) is 24.9 Å². The van der Waals surface area contributed by atoms with Gasteiger partial charge in [0.15, 0.2) is 5.82 Å². The Labute approximate surface area is 121 Å². The Balaban J connectivity index is 2.00. The fraction of sp³-hybridized carbons (Fsp3) is 0.733. The summed E-state index contributed by atoms with van der Waals surface area (Å²) in [6.45, 7) is 11.8. The third-order valence-electron chi connectivity index (χ3n) is 3.50. The molecule has 2 rings (SSSR count). The van der Waals surface area contributed by atoms with Crippen molar-refractivity contribution in [2.24, 2.45) is 0 Å². The van der Waals surface area contributed by atoms with E-state index in [1.165, 1.54) is 0 Å². The average Bonchev–Trinajstić information content (AvgIpc) is 2.45. The molecule has 0 spiro atoms. The highest BCUT2D eigenvalue weighted by Crippen LogP contribution is 2.18. The maximum atomic E-state index is 5.52. The van der Waals surface area contributed by atoms with Crippen molar-refractivity contribution in [3.63, 3.8) is 0 Å². The van der Waals surface area contributed by atoms with Gasteiger partial charge in [-0.1, -0.05) is 6.92 Å². The number of hydrogen-bond acceptors (Lipinski definition) is 5. The molecule has 1 aromatic heterocycles. The molecule has 1 fully saturated rings. The highest BCUT2D eigenvalue weighted by Gasteiger charge is 2.22. The van der Waals surface area contributed by atoms with Gasteiger partial charge in [-0.2, -0.15) is 5.10 Å². The molecule has 0 amide bonds. The van der Waals surface area contributed by atoms with Crippen molar-refractivity contribution in [3.8, 4) is 0 Å². The lowest BCUT2D eigenvalue weighted by Gasteiger charge is -2.35. The molecule has 1 unspecified atom stereocenters. The molecule has 0 saturated carbocycles. The fourth-order valence-electron chi connectivity index (χ4n) is 2.25. The van der Waals surface area contributed by atoms with E-state index in [9.17, 15) is 0 Å². The summed E-state index contributed by atoms with van der Waals surface area (Å²) in [6, 6.07) is 4.54. The summed E-state index contributed by atoms with van der Waals surface area (Å²) in [7, 11) is 0. The minimum atomic E-state index is 0.0951. The van der Waals surface area contributed by atoms with Gasteiger partial charge in [0.25, 0.3) is 0 Å². The molecule has 1 atom stereocenters. The van der Waals surface area contributed by atoms with E-state index in [2.05, 4.69) is 60.2 Å². The van der Waals surface area contributed by atoms with Gasteiger partial charge in [-0.3, -0.25) is 0 Å². The molecule has 0 aromatic carbocycles. The third-order valence-corrected chi connectivity index (χ3v) is 3.50.